The van der Waals surface area contributed by atoms with Gasteiger partial charge in [0.25, 0.3) is 0 Å². The summed E-state index contributed by atoms with van der Waals surface area (Å²) in [5, 5.41) is 6.48. The molecular weight excluding hydrogens is 242 g/mol. The summed E-state index contributed by atoms with van der Waals surface area (Å²) in [6.07, 6.45) is 5.91. The minimum absolute atomic E-state index is 0.771. The molecule has 0 atom stereocenters. The fraction of sp³-hybridized carbons (Fsp3) is 0.0714. The Labute approximate surface area is 110 Å². The Morgan fingerprint density at radius 1 is 1.17 bits per heavy atom. The fourth-order valence-electron chi connectivity index (χ4n) is 1.80. The van der Waals surface area contributed by atoms with Crippen molar-refractivity contribution in [2.45, 2.75) is 6.54 Å². The highest BCUT2D eigenvalue weighted by Gasteiger charge is 1.98. The van der Waals surface area contributed by atoms with E-state index < -0.39 is 0 Å². The maximum Gasteiger partial charge on any atom is 0.112 e. The third-order valence-corrected chi connectivity index (χ3v) is 3.46. The molecule has 3 rings (SSSR count). The summed E-state index contributed by atoms with van der Waals surface area (Å²) in [5.41, 5.74) is 2.26. The van der Waals surface area contributed by atoms with E-state index in [0.717, 1.165) is 22.9 Å². The van der Waals surface area contributed by atoms with Gasteiger partial charge in [-0.05, 0) is 30.3 Å². The van der Waals surface area contributed by atoms with Crippen molar-refractivity contribution in [3.63, 3.8) is 0 Å². The van der Waals surface area contributed by atoms with Crippen LogP contribution >= 0.6 is 11.3 Å². The summed E-state index contributed by atoms with van der Waals surface area (Å²) in [6, 6.07) is 12.4. The van der Waals surface area contributed by atoms with Crippen molar-refractivity contribution in [1.29, 1.82) is 0 Å². The zero-order chi connectivity index (χ0) is 12.2. The molecular formula is C14H13N3S. The maximum absolute atomic E-state index is 4.25. The van der Waals surface area contributed by atoms with E-state index in [9.17, 15) is 0 Å². The van der Waals surface area contributed by atoms with E-state index in [1.807, 2.05) is 36.1 Å². The van der Waals surface area contributed by atoms with Crippen LogP contribution in [-0.2, 0) is 6.54 Å². The van der Waals surface area contributed by atoms with E-state index in [4.69, 9.17) is 0 Å². The van der Waals surface area contributed by atoms with Gasteiger partial charge < -0.3 is 9.88 Å². The van der Waals surface area contributed by atoms with Gasteiger partial charge in [-0.2, -0.15) is 0 Å². The first-order valence-electron chi connectivity index (χ1n) is 5.77. The lowest BCUT2D eigenvalue weighted by molar-refractivity contribution is 1.07. The van der Waals surface area contributed by atoms with E-state index >= 15 is 0 Å². The van der Waals surface area contributed by atoms with Gasteiger partial charge in [-0.25, -0.2) is 4.98 Å². The number of hydrogen-bond donors (Lipinski definition) is 1. The first-order valence-corrected chi connectivity index (χ1v) is 6.65. The lowest BCUT2D eigenvalue weighted by atomic mass is 10.2. The minimum atomic E-state index is 0.771. The van der Waals surface area contributed by atoms with Gasteiger partial charge in [-0.3, -0.25) is 0 Å². The second-order valence-corrected chi connectivity index (χ2v) is 4.90. The molecule has 0 spiro atoms. The summed E-state index contributed by atoms with van der Waals surface area (Å²) in [7, 11) is 0. The average Bonchev–Trinajstić information content (AvgIpc) is 3.10. The summed E-state index contributed by atoms with van der Waals surface area (Å²) >= 11 is 1.67. The van der Waals surface area contributed by atoms with Crippen LogP contribution in [0.2, 0.25) is 0 Å². The Balaban J connectivity index is 1.75. The van der Waals surface area contributed by atoms with Gasteiger partial charge in [0.15, 0.2) is 0 Å². The van der Waals surface area contributed by atoms with Crippen LogP contribution in [0.1, 0.15) is 5.01 Å². The van der Waals surface area contributed by atoms with Crippen molar-refractivity contribution in [2.75, 3.05) is 5.32 Å². The Hall–Kier alpha value is -2.07. The molecule has 0 bridgehead atoms. The number of nitrogens with one attached hydrogen (secondary N) is 1. The van der Waals surface area contributed by atoms with Crippen LogP contribution < -0.4 is 5.32 Å². The predicted molar refractivity (Wildman–Crippen MR) is 75.2 cm³/mol. The molecule has 0 aliphatic carbocycles. The Morgan fingerprint density at radius 3 is 2.83 bits per heavy atom. The van der Waals surface area contributed by atoms with Crippen LogP contribution in [0.5, 0.6) is 0 Å². The van der Waals surface area contributed by atoms with Crippen molar-refractivity contribution in [1.82, 2.24) is 9.55 Å². The van der Waals surface area contributed by atoms with Gasteiger partial charge in [-0.15, -0.1) is 11.3 Å². The largest absolute Gasteiger partial charge is 0.378 e. The molecule has 0 aliphatic rings. The third-order valence-electron chi connectivity index (χ3n) is 2.68. The first kappa shape index (κ1) is 11.0. The Bertz CT molecular complexity index is 600. The standard InChI is InChI=1S/C14H13N3S/c1-2-8-17(7-1)13-5-3-4-12(10-13)16-11-14-15-6-9-18-14/h1-10,16H,11H2. The average molecular weight is 255 g/mol. The first-order chi connectivity index (χ1) is 8.92. The van der Waals surface area contributed by atoms with E-state index in [2.05, 4.69) is 39.1 Å². The molecule has 90 valence electrons. The quantitative estimate of drug-likeness (QED) is 0.772. The van der Waals surface area contributed by atoms with E-state index in [0.29, 0.717) is 0 Å². The molecule has 2 heterocycles. The Kier molecular flexibility index (Phi) is 3.10. The predicted octanol–water partition coefficient (Wildman–Crippen LogP) is 3.55. The molecule has 0 radical (unpaired) electrons. The summed E-state index contributed by atoms with van der Waals surface area (Å²) in [4.78, 5) is 4.25. The number of benzene rings is 1. The molecule has 0 saturated carbocycles. The van der Waals surface area contributed by atoms with Crippen LogP contribution in [0.4, 0.5) is 5.69 Å². The van der Waals surface area contributed by atoms with Crippen LogP contribution in [0.3, 0.4) is 0 Å². The highest BCUT2D eigenvalue weighted by molar-refractivity contribution is 7.09. The van der Waals surface area contributed by atoms with Crippen molar-refractivity contribution in [3.05, 3.63) is 65.4 Å². The summed E-state index contributed by atoms with van der Waals surface area (Å²) in [6.45, 7) is 0.771. The smallest absolute Gasteiger partial charge is 0.112 e. The molecule has 1 N–H and O–H groups in total. The van der Waals surface area contributed by atoms with Crippen LogP contribution in [0.15, 0.2) is 60.4 Å². The number of hydrogen-bond acceptors (Lipinski definition) is 3. The fourth-order valence-corrected chi connectivity index (χ4v) is 2.36. The molecule has 0 unspecified atom stereocenters. The molecule has 2 aromatic heterocycles. The molecule has 1 aromatic carbocycles. The van der Waals surface area contributed by atoms with Gasteiger partial charge in [0.1, 0.15) is 5.01 Å². The number of aromatic nitrogens is 2. The zero-order valence-electron chi connectivity index (χ0n) is 9.78. The molecule has 0 aliphatic heterocycles. The number of rotatable bonds is 4. The van der Waals surface area contributed by atoms with Crippen LogP contribution in [0.25, 0.3) is 5.69 Å². The van der Waals surface area contributed by atoms with E-state index in [-0.39, 0.29) is 0 Å². The normalized spacial score (nSPS) is 10.4. The maximum atomic E-state index is 4.25. The lowest BCUT2D eigenvalue weighted by Gasteiger charge is -2.08. The van der Waals surface area contributed by atoms with Gasteiger partial charge in [0.2, 0.25) is 0 Å². The van der Waals surface area contributed by atoms with Crippen LogP contribution in [0, 0.1) is 0 Å². The van der Waals surface area contributed by atoms with Crippen LogP contribution in [-0.4, -0.2) is 9.55 Å². The number of anilines is 1. The second-order valence-electron chi connectivity index (χ2n) is 3.92. The highest BCUT2D eigenvalue weighted by Crippen LogP contribution is 2.16. The molecule has 0 saturated heterocycles. The molecule has 3 nitrogen and oxygen atoms in total. The zero-order valence-corrected chi connectivity index (χ0v) is 10.6. The lowest BCUT2D eigenvalue weighted by Crippen LogP contribution is -1.99. The number of thiazole rings is 1. The molecule has 4 heteroatoms. The third kappa shape index (κ3) is 2.43. The molecule has 18 heavy (non-hydrogen) atoms. The Morgan fingerprint density at radius 2 is 2.06 bits per heavy atom. The van der Waals surface area contributed by atoms with Crippen molar-refractivity contribution >= 4 is 17.0 Å². The highest BCUT2D eigenvalue weighted by atomic mass is 32.1. The van der Waals surface area contributed by atoms with Crippen molar-refractivity contribution in [2.24, 2.45) is 0 Å². The second kappa shape index (κ2) is 5.06. The van der Waals surface area contributed by atoms with Gasteiger partial charge in [0.05, 0.1) is 6.54 Å². The van der Waals surface area contributed by atoms with E-state index in [1.54, 1.807) is 11.3 Å². The van der Waals surface area contributed by atoms with Gasteiger partial charge >= 0.3 is 0 Å². The van der Waals surface area contributed by atoms with Crippen molar-refractivity contribution < 1.29 is 0 Å². The topological polar surface area (TPSA) is 29.9 Å². The van der Waals surface area contributed by atoms with Crippen molar-refractivity contribution in [3.8, 4) is 5.69 Å². The van der Waals surface area contributed by atoms with E-state index in [1.165, 1.54) is 0 Å². The van der Waals surface area contributed by atoms with Gasteiger partial charge in [-0.1, -0.05) is 6.07 Å². The summed E-state index contributed by atoms with van der Waals surface area (Å²) in [5.74, 6) is 0. The minimum Gasteiger partial charge on any atom is -0.378 e. The SMILES string of the molecule is c1cc(NCc2nccs2)cc(-n2cccc2)c1. The number of nitrogens with zero attached hydrogens (tertiary/aromatic N) is 2. The molecule has 3 aromatic rings. The molecule has 0 amide bonds. The monoisotopic (exact) mass is 255 g/mol. The summed E-state index contributed by atoms with van der Waals surface area (Å²) < 4.78 is 2.09. The van der Waals surface area contributed by atoms with Gasteiger partial charge in [0, 0.05) is 35.3 Å². The molecule has 0 fully saturated rings.